The van der Waals surface area contributed by atoms with E-state index in [1.807, 2.05) is 0 Å². The van der Waals surface area contributed by atoms with Gasteiger partial charge in [-0.05, 0) is 0 Å². The van der Waals surface area contributed by atoms with E-state index in [0.29, 0.717) is 11.5 Å². The van der Waals surface area contributed by atoms with Crippen LogP contribution in [0.25, 0.3) is 11.5 Å². The second-order valence-electron chi connectivity index (χ2n) is 2.45. The van der Waals surface area contributed by atoms with Crippen LogP contribution in [0.2, 0.25) is 0 Å². The van der Waals surface area contributed by atoms with Crippen LogP contribution in [0.1, 0.15) is 0 Å². The molecule has 3 N–H and O–H groups in total. The molecule has 0 aromatic carbocycles. The fourth-order valence-electron chi connectivity index (χ4n) is 1.05. The third-order valence-electron chi connectivity index (χ3n) is 1.70. The van der Waals surface area contributed by atoms with Gasteiger partial charge in [0.1, 0.15) is 17.8 Å². The predicted octanol–water partition coefficient (Wildman–Crippen LogP) is -0.810. The van der Waals surface area contributed by atoms with Crippen molar-refractivity contribution in [2.45, 2.75) is 0 Å². The highest BCUT2D eigenvalue weighted by Gasteiger charge is 2.13. The van der Waals surface area contributed by atoms with Gasteiger partial charge in [-0.3, -0.25) is 9.55 Å². The molecule has 0 atom stereocenters. The Morgan fingerprint density at radius 3 is 3.08 bits per heavy atom. The zero-order valence-corrected chi connectivity index (χ0v) is 6.40. The van der Waals surface area contributed by atoms with Crippen LogP contribution >= 0.6 is 0 Å². The van der Waals surface area contributed by atoms with Gasteiger partial charge in [-0.1, -0.05) is 0 Å². The number of fused-ring (bicyclic) bond motifs is 1. The number of imidazole rings is 1. The highest BCUT2D eigenvalue weighted by Crippen LogP contribution is 2.17. The Hall–Kier alpha value is -1.85. The van der Waals surface area contributed by atoms with Crippen LogP contribution in [0.4, 0.5) is 5.82 Å². The number of anilines is 1. The van der Waals surface area contributed by atoms with Gasteiger partial charge in [0.15, 0.2) is 5.82 Å². The maximum Gasteiger partial charge on any atom is 0.328 e. The van der Waals surface area contributed by atoms with Gasteiger partial charge in [-0.25, -0.2) is 14.8 Å². The molecular formula is C6H7N5O. The lowest BCUT2D eigenvalue weighted by molar-refractivity contribution is 0.805. The molecule has 2 aliphatic rings. The minimum atomic E-state index is -0.291. The molecule has 0 bridgehead atoms. The average molecular weight is 165 g/mol. The van der Waals surface area contributed by atoms with E-state index in [1.54, 1.807) is 7.05 Å². The molecule has 0 saturated heterocycles. The summed E-state index contributed by atoms with van der Waals surface area (Å²) in [5.41, 5.74) is 5.73. The molecule has 0 radical (unpaired) electrons. The molecular weight excluding hydrogens is 158 g/mol. The molecule has 0 unspecified atom stereocenters. The van der Waals surface area contributed by atoms with E-state index < -0.39 is 0 Å². The van der Waals surface area contributed by atoms with Crippen molar-refractivity contribution in [2.75, 3.05) is 5.73 Å². The molecule has 2 aliphatic heterocycles. The molecule has 6 nitrogen and oxygen atoms in total. The first kappa shape index (κ1) is 6.84. The largest absolute Gasteiger partial charge is 0.383 e. The molecule has 0 saturated carbocycles. The zero-order chi connectivity index (χ0) is 8.72. The lowest BCUT2D eigenvalue weighted by Gasteiger charge is -2.04. The first-order chi connectivity index (χ1) is 5.70. The highest BCUT2D eigenvalue weighted by molar-refractivity contribution is 5.64. The Labute approximate surface area is 67.4 Å². The van der Waals surface area contributed by atoms with Crippen molar-refractivity contribution in [3.8, 4) is 11.5 Å². The summed E-state index contributed by atoms with van der Waals surface area (Å²) < 4.78 is 1.36. The van der Waals surface area contributed by atoms with Gasteiger partial charge in [-0.15, -0.1) is 0 Å². The Morgan fingerprint density at radius 1 is 1.58 bits per heavy atom. The number of hydrogen-bond donors (Lipinski definition) is 2. The Balaban J connectivity index is 2.95. The zero-order valence-electron chi connectivity index (χ0n) is 6.40. The lowest BCUT2D eigenvalue weighted by Crippen LogP contribution is -2.23. The first-order valence-corrected chi connectivity index (χ1v) is 3.35. The molecule has 0 aromatic rings. The topological polar surface area (TPSA) is 89.6 Å². The second-order valence-corrected chi connectivity index (χ2v) is 2.45. The maximum absolute atomic E-state index is 11.1. The van der Waals surface area contributed by atoms with Crippen LogP contribution in [0, 0.1) is 0 Å². The van der Waals surface area contributed by atoms with Crippen molar-refractivity contribution in [3.05, 3.63) is 16.8 Å². The first-order valence-electron chi connectivity index (χ1n) is 3.35. The number of aromatic amines is 1. The molecule has 0 aromatic heterocycles. The van der Waals surface area contributed by atoms with Crippen molar-refractivity contribution in [1.29, 1.82) is 0 Å². The summed E-state index contributed by atoms with van der Waals surface area (Å²) in [7, 11) is 1.61. The predicted molar refractivity (Wildman–Crippen MR) is 42.7 cm³/mol. The van der Waals surface area contributed by atoms with Gasteiger partial charge in [0.2, 0.25) is 0 Å². The second kappa shape index (κ2) is 2.07. The minimum Gasteiger partial charge on any atom is -0.383 e. The van der Waals surface area contributed by atoms with Crippen molar-refractivity contribution >= 4 is 5.82 Å². The number of nitrogens with two attached hydrogens (primary N) is 1. The molecule has 0 aliphatic carbocycles. The molecule has 62 valence electrons. The number of nitrogens with one attached hydrogen (secondary N) is 1. The molecule has 6 heteroatoms. The summed E-state index contributed by atoms with van der Waals surface area (Å²) in [5, 5.41) is 0. The molecule has 0 spiro atoms. The molecule has 0 fully saturated rings. The van der Waals surface area contributed by atoms with Crippen molar-refractivity contribution in [1.82, 2.24) is 19.5 Å². The number of nitrogens with zero attached hydrogens (tertiary/aromatic N) is 3. The van der Waals surface area contributed by atoms with Gasteiger partial charge in [0, 0.05) is 7.05 Å². The number of nitrogen functional groups attached to an aromatic ring is 1. The van der Waals surface area contributed by atoms with E-state index in [9.17, 15) is 4.79 Å². The van der Waals surface area contributed by atoms with Crippen molar-refractivity contribution in [3.63, 3.8) is 0 Å². The Morgan fingerprint density at radius 2 is 2.33 bits per heavy atom. The minimum absolute atomic E-state index is 0.255. The van der Waals surface area contributed by atoms with E-state index in [2.05, 4.69) is 15.0 Å². The highest BCUT2D eigenvalue weighted by atomic mass is 16.1. The van der Waals surface area contributed by atoms with E-state index >= 15 is 0 Å². The van der Waals surface area contributed by atoms with Gasteiger partial charge in [0.05, 0.1) is 0 Å². The Bertz CT molecular complexity index is 442. The quantitative estimate of drug-likeness (QED) is 0.534. The van der Waals surface area contributed by atoms with E-state index in [1.165, 1.54) is 10.9 Å². The maximum atomic E-state index is 11.1. The van der Waals surface area contributed by atoms with Crippen LogP contribution < -0.4 is 11.4 Å². The average Bonchev–Trinajstić information content (AvgIpc) is 2.48. The monoisotopic (exact) mass is 165 g/mol. The summed E-state index contributed by atoms with van der Waals surface area (Å²) in [6, 6.07) is 0. The molecule has 2 heterocycles. The van der Waals surface area contributed by atoms with E-state index in [-0.39, 0.29) is 11.5 Å². The molecule has 12 heavy (non-hydrogen) atoms. The smallest absolute Gasteiger partial charge is 0.328 e. The fourth-order valence-corrected chi connectivity index (χ4v) is 1.05. The van der Waals surface area contributed by atoms with Crippen molar-refractivity contribution < 1.29 is 0 Å². The third-order valence-corrected chi connectivity index (χ3v) is 1.70. The summed E-state index contributed by atoms with van der Waals surface area (Å²) in [6.07, 6.45) is 1.37. The van der Waals surface area contributed by atoms with Crippen LogP contribution in [-0.2, 0) is 7.05 Å². The number of hydrogen-bond acceptors (Lipinski definition) is 4. The van der Waals surface area contributed by atoms with Crippen LogP contribution in [0.3, 0.4) is 0 Å². The number of rotatable bonds is 0. The number of H-pyrrole nitrogens is 1. The van der Waals surface area contributed by atoms with Crippen LogP contribution in [0.5, 0.6) is 0 Å². The lowest BCUT2D eigenvalue weighted by atomic mass is 10.4. The van der Waals surface area contributed by atoms with Gasteiger partial charge in [-0.2, -0.15) is 0 Å². The van der Waals surface area contributed by atoms with Crippen molar-refractivity contribution in [2.24, 2.45) is 7.05 Å². The summed E-state index contributed by atoms with van der Waals surface area (Å²) >= 11 is 0. The Kier molecular flexibility index (Phi) is 1.18. The number of aromatic nitrogens is 4. The fraction of sp³-hybridized carbons (Fsp3) is 0.167. The standard InChI is InChI=1S/C6H7N5O/c1-11-5-3(8-2-9-5)4(7)10-6(11)12/h2H,7H2,1H3,(H,10,12). The SMILES string of the molecule is Cn1c2ncnc-2c(N)[nH]c1=O. The summed E-state index contributed by atoms with van der Waals surface area (Å²) in [4.78, 5) is 21.3. The van der Waals surface area contributed by atoms with Gasteiger partial charge in [0.25, 0.3) is 0 Å². The van der Waals surface area contributed by atoms with E-state index in [4.69, 9.17) is 5.73 Å². The molecule has 2 rings (SSSR count). The van der Waals surface area contributed by atoms with E-state index in [0.717, 1.165) is 0 Å². The van der Waals surface area contributed by atoms with Gasteiger partial charge < -0.3 is 5.73 Å². The summed E-state index contributed by atoms with van der Waals surface area (Å²) in [5.74, 6) is 0.752. The van der Waals surface area contributed by atoms with Crippen LogP contribution in [-0.4, -0.2) is 19.5 Å². The normalized spacial score (nSPS) is 10.8. The summed E-state index contributed by atoms with van der Waals surface area (Å²) in [6.45, 7) is 0. The van der Waals surface area contributed by atoms with Gasteiger partial charge >= 0.3 is 5.69 Å². The molecule has 0 amide bonds. The van der Waals surface area contributed by atoms with Crippen LogP contribution in [0.15, 0.2) is 11.1 Å². The third kappa shape index (κ3) is 0.714.